The van der Waals surface area contributed by atoms with Crippen LogP contribution in [0.25, 0.3) is 0 Å². The maximum atomic E-state index is 12.7. The van der Waals surface area contributed by atoms with Gasteiger partial charge in [-0.15, -0.1) is 0 Å². The van der Waals surface area contributed by atoms with Crippen molar-refractivity contribution in [2.45, 2.75) is 31.5 Å². The fraction of sp³-hybridized carbons (Fsp3) is 1.00. The second-order valence-electron chi connectivity index (χ2n) is 5.42. The highest BCUT2D eigenvalue weighted by molar-refractivity contribution is 4.86. The zero-order valence-electron chi connectivity index (χ0n) is 10.6. The monoisotopic (exact) mass is 265 g/mol. The van der Waals surface area contributed by atoms with Crippen molar-refractivity contribution in [3.63, 3.8) is 0 Å². The van der Waals surface area contributed by atoms with Gasteiger partial charge in [-0.1, -0.05) is 0 Å². The van der Waals surface area contributed by atoms with Gasteiger partial charge >= 0.3 is 6.18 Å². The normalized spacial score (nSPS) is 29.0. The largest absolute Gasteiger partial charge is 0.394 e. The fourth-order valence-electron chi connectivity index (χ4n) is 3.07. The standard InChI is InChI=1S/C12H22F3N3/c13-12(14,15)10(7-16)8-17-4-2-6-18-5-1-3-11(18)9-17/h10-11H,1-9,16H2. The lowest BCUT2D eigenvalue weighted by Gasteiger charge is -2.29. The number of hydrogen-bond acceptors (Lipinski definition) is 3. The quantitative estimate of drug-likeness (QED) is 0.834. The van der Waals surface area contributed by atoms with Crippen LogP contribution in [0.1, 0.15) is 19.3 Å². The molecule has 6 heteroatoms. The van der Waals surface area contributed by atoms with E-state index in [0.717, 1.165) is 39.0 Å². The second kappa shape index (κ2) is 5.75. The topological polar surface area (TPSA) is 32.5 Å². The van der Waals surface area contributed by atoms with Crippen molar-refractivity contribution in [3.8, 4) is 0 Å². The molecular formula is C12H22F3N3. The Bertz CT molecular complexity index is 270. The smallest absolute Gasteiger partial charge is 0.330 e. The van der Waals surface area contributed by atoms with E-state index in [1.165, 1.54) is 6.42 Å². The molecule has 0 aromatic heterocycles. The molecule has 2 N–H and O–H groups in total. The Balaban J connectivity index is 1.92. The molecule has 0 amide bonds. The van der Waals surface area contributed by atoms with Crippen LogP contribution in [-0.4, -0.2) is 61.3 Å². The van der Waals surface area contributed by atoms with Crippen LogP contribution in [0.2, 0.25) is 0 Å². The van der Waals surface area contributed by atoms with Crippen LogP contribution in [0.3, 0.4) is 0 Å². The first kappa shape index (κ1) is 14.1. The molecule has 2 rings (SSSR count). The molecule has 3 nitrogen and oxygen atoms in total. The van der Waals surface area contributed by atoms with Crippen molar-refractivity contribution in [1.82, 2.24) is 9.80 Å². The van der Waals surface area contributed by atoms with Crippen LogP contribution < -0.4 is 5.73 Å². The molecule has 0 aromatic carbocycles. The number of alkyl halides is 3. The molecule has 2 unspecified atom stereocenters. The Morgan fingerprint density at radius 1 is 1.17 bits per heavy atom. The fourth-order valence-corrected chi connectivity index (χ4v) is 3.07. The van der Waals surface area contributed by atoms with Crippen molar-refractivity contribution in [3.05, 3.63) is 0 Å². The van der Waals surface area contributed by atoms with Crippen LogP contribution >= 0.6 is 0 Å². The minimum Gasteiger partial charge on any atom is -0.330 e. The summed E-state index contributed by atoms with van der Waals surface area (Å²) in [5.41, 5.74) is 5.26. The van der Waals surface area contributed by atoms with E-state index in [4.69, 9.17) is 5.73 Å². The molecule has 0 radical (unpaired) electrons. The van der Waals surface area contributed by atoms with Crippen molar-refractivity contribution < 1.29 is 13.2 Å². The third kappa shape index (κ3) is 3.36. The van der Waals surface area contributed by atoms with E-state index in [-0.39, 0.29) is 13.1 Å². The Morgan fingerprint density at radius 2 is 1.89 bits per heavy atom. The molecule has 0 bridgehead atoms. The van der Waals surface area contributed by atoms with Crippen LogP contribution in [-0.2, 0) is 0 Å². The summed E-state index contributed by atoms with van der Waals surface area (Å²) < 4.78 is 38.2. The summed E-state index contributed by atoms with van der Waals surface area (Å²) in [6, 6.07) is 0.458. The SMILES string of the molecule is NCC(CN1CCCN2CCCC2C1)C(F)(F)F. The van der Waals surface area contributed by atoms with Crippen LogP contribution in [0, 0.1) is 5.92 Å². The summed E-state index contributed by atoms with van der Waals surface area (Å²) in [6.07, 6.45) is -0.907. The van der Waals surface area contributed by atoms with Crippen molar-refractivity contribution >= 4 is 0 Å². The van der Waals surface area contributed by atoms with Gasteiger partial charge in [-0.2, -0.15) is 13.2 Å². The lowest BCUT2D eigenvalue weighted by atomic mass is 10.1. The molecule has 0 saturated carbocycles. The maximum Gasteiger partial charge on any atom is 0.394 e. The van der Waals surface area contributed by atoms with Gasteiger partial charge in [0.2, 0.25) is 0 Å². The van der Waals surface area contributed by atoms with Gasteiger partial charge in [0.1, 0.15) is 0 Å². The predicted molar refractivity (Wildman–Crippen MR) is 64.3 cm³/mol. The summed E-state index contributed by atoms with van der Waals surface area (Å²) in [5.74, 6) is -1.38. The van der Waals surface area contributed by atoms with E-state index in [2.05, 4.69) is 4.90 Å². The van der Waals surface area contributed by atoms with Gasteiger partial charge in [-0.05, 0) is 38.9 Å². The van der Waals surface area contributed by atoms with Crippen LogP contribution in [0.4, 0.5) is 13.2 Å². The first-order valence-electron chi connectivity index (χ1n) is 6.74. The lowest BCUT2D eigenvalue weighted by Crippen LogP contribution is -2.44. The molecule has 2 heterocycles. The van der Waals surface area contributed by atoms with Crippen molar-refractivity contribution in [2.75, 3.05) is 39.3 Å². The second-order valence-corrected chi connectivity index (χ2v) is 5.42. The summed E-state index contributed by atoms with van der Waals surface area (Å²) in [6.45, 7) is 3.42. The first-order valence-corrected chi connectivity index (χ1v) is 6.74. The van der Waals surface area contributed by atoms with Gasteiger partial charge in [0.05, 0.1) is 5.92 Å². The van der Waals surface area contributed by atoms with Crippen molar-refractivity contribution in [1.29, 1.82) is 0 Å². The third-order valence-corrected chi connectivity index (χ3v) is 4.11. The van der Waals surface area contributed by atoms with E-state index in [1.807, 2.05) is 4.90 Å². The van der Waals surface area contributed by atoms with Crippen LogP contribution in [0.15, 0.2) is 0 Å². The summed E-state index contributed by atoms with van der Waals surface area (Å²) in [5, 5.41) is 0. The van der Waals surface area contributed by atoms with E-state index < -0.39 is 12.1 Å². The van der Waals surface area contributed by atoms with Crippen molar-refractivity contribution in [2.24, 2.45) is 11.7 Å². The minimum absolute atomic E-state index is 0.0599. The predicted octanol–water partition coefficient (Wildman–Crippen LogP) is 1.29. The molecule has 2 saturated heterocycles. The third-order valence-electron chi connectivity index (χ3n) is 4.11. The highest BCUT2D eigenvalue weighted by Gasteiger charge is 2.40. The number of hydrogen-bond donors (Lipinski definition) is 1. The average molecular weight is 265 g/mol. The molecule has 0 spiro atoms. The molecule has 2 aliphatic heterocycles. The minimum atomic E-state index is -4.17. The van der Waals surface area contributed by atoms with Gasteiger partial charge in [-0.25, -0.2) is 0 Å². The molecule has 106 valence electrons. The lowest BCUT2D eigenvalue weighted by molar-refractivity contribution is -0.176. The molecular weight excluding hydrogens is 243 g/mol. The molecule has 2 atom stereocenters. The molecule has 2 fully saturated rings. The molecule has 0 aliphatic carbocycles. The average Bonchev–Trinajstić information content (AvgIpc) is 2.63. The number of rotatable bonds is 3. The van der Waals surface area contributed by atoms with E-state index in [1.54, 1.807) is 0 Å². The zero-order chi connectivity index (χ0) is 13.2. The Morgan fingerprint density at radius 3 is 2.56 bits per heavy atom. The van der Waals surface area contributed by atoms with E-state index >= 15 is 0 Å². The van der Waals surface area contributed by atoms with E-state index in [0.29, 0.717) is 6.04 Å². The van der Waals surface area contributed by atoms with Gasteiger partial charge in [0, 0.05) is 25.7 Å². The van der Waals surface area contributed by atoms with Gasteiger partial charge in [0.25, 0.3) is 0 Å². The van der Waals surface area contributed by atoms with Crippen LogP contribution in [0.5, 0.6) is 0 Å². The van der Waals surface area contributed by atoms with Gasteiger partial charge in [-0.3, -0.25) is 4.90 Å². The summed E-state index contributed by atoms with van der Waals surface area (Å²) >= 11 is 0. The number of fused-ring (bicyclic) bond motifs is 1. The molecule has 0 aromatic rings. The van der Waals surface area contributed by atoms with Gasteiger partial charge in [0.15, 0.2) is 0 Å². The highest BCUT2D eigenvalue weighted by atomic mass is 19.4. The molecule has 18 heavy (non-hydrogen) atoms. The van der Waals surface area contributed by atoms with E-state index in [9.17, 15) is 13.2 Å². The number of nitrogens with zero attached hydrogens (tertiary/aromatic N) is 2. The summed E-state index contributed by atoms with van der Waals surface area (Å²) in [7, 11) is 0. The maximum absolute atomic E-state index is 12.7. The summed E-state index contributed by atoms with van der Waals surface area (Å²) in [4.78, 5) is 4.38. The highest BCUT2D eigenvalue weighted by Crippen LogP contribution is 2.28. The Kier molecular flexibility index (Phi) is 4.50. The molecule has 2 aliphatic rings. The number of nitrogens with two attached hydrogens (primary N) is 1. The Labute approximate surface area is 106 Å². The Hall–Kier alpha value is -0.330. The first-order chi connectivity index (χ1) is 8.50. The number of halogens is 3. The van der Waals surface area contributed by atoms with Gasteiger partial charge < -0.3 is 10.6 Å². The zero-order valence-corrected chi connectivity index (χ0v) is 10.6.